The highest BCUT2D eigenvalue weighted by molar-refractivity contribution is 5.95. The van der Waals surface area contributed by atoms with Crippen LogP contribution in [0.1, 0.15) is 17.5 Å². The largest absolute Gasteiger partial charge is 0.292 e. The summed E-state index contributed by atoms with van der Waals surface area (Å²) in [4.78, 5) is 18.2. The summed E-state index contributed by atoms with van der Waals surface area (Å²) >= 11 is 0. The molecule has 0 radical (unpaired) electrons. The lowest BCUT2D eigenvalue weighted by Gasteiger charge is -2.28. The van der Waals surface area contributed by atoms with Gasteiger partial charge >= 0.3 is 0 Å². The molecule has 2 heterocycles. The molecule has 3 nitrogen and oxygen atoms in total. The Balaban J connectivity index is 1.94. The second kappa shape index (κ2) is 4.61. The Kier molecular flexibility index (Phi) is 2.81. The van der Waals surface area contributed by atoms with Crippen molar-refractivity contribution in [3.8, 4) is 0 Å². The van der Waals surface area contributed by atoms with E-state index in [1.807, 2.05) is 42.5 Å². The fourth-order valence-corrected chi connectivity index (χ4v) is 2.29. The van der Waals surface area contributed by atoms with Crippen molar-refractivity contribution >= 4 is 11.7 Å². The van der Waals surface area contributed by atoms with Gasteiger partial charge < -0.3 is 0 Å². The summed E-state index contributed by atoms with van der Waals surface area (Å²) in [5, 5.41) is 0. The fourth-order valence-electron chi connectivity index (χ4n) is 2.29. The number of rotatable bonds is 2. The second-order valence-electron chi connectivity index (χ2n) is 4.45. The van der Waals surface area contributed by atoms with Crippen LogP contribution in [0, 0.1) is 0 Å². The Bertz CT molecular complexity index is 566. The highest BCUT2D eigenvalue weighted by Crippen LogP contribution is 2.26. The van der Waals surface area contributed by atoms with E-state index >= 15 is 0 Å². The molecule has 18 heavy (non-hydrogen) atoms. The number of carbonyl (C=O) groups excluding carboxylic acids is 1. The maximum atomic E-state index is 12.0. The van der Waals surface area contributed by atoms with Crippen molar-refractivity contribution in [2.45, 2.75) is 19.4 Å². The average Bonchev–Trinajstić information content (AvgIpc) is 2.43. The first-order valence-electron chi connectivity index (χ1n) is 6.13. The van der Waals surface area contributed by atoms with Crippen LogP contribution in [0.3, 0.4) is 0 Å². The first kappa shape index (κ1) is 11.0. The molecule has 0 bridgehead atoms. The summed E-state index contributed by atoms with van der Waals surface area (Å²) in [5.41, 5.74) is 2.29. The number of aryl methyl sites for hydroxylation is 1. The van der Waals surface area contributed by atoms with Crippen LogP contribution in [0.15, 0.2) is 48.7 Å². The van der Waals surface area contributed by atoms with E-state index in [-0.39, 0.29) is 5.91 Å². The monoisotopic (exact) mass is 238 g/mol. The zero-order valence-corrected chi connectivity index (χ0v) is 10.0. The number of hydrogen-bond donors (Lipinski definition) is 0. The van der Waals surface area contributed by atoms with E-state index in [1.54, 1.807) is 11.1 Å². The van der Waals surface area contributed by atoms with Gasteiger partial charge in [-0.15, -0.1) is 0 Å². The zero-order chi connectivity index (χ0) is 12.4. The van der Waals surface area contributed by atoms with E-state index in [9.17, 15) is 4.79 Å². The van der Waals surface area contributed by atoms with Gasteiger partial charge in [0, 0.05) is 12.6 Å². The molecule has 0 fully saturated rings. The lowest BCUT2D eigenvalue weighted by molar-refractivity contribution is -0.119. The lowest BCUT2D eigenvalue weighted by Crippen LogP contribution is -2.35. The Morgan fingerprint density at radius 1 is 1.06 bits per heavy atom. The van der Waals surface area contributed by atoms with Crippen LogP contribution in [-0.2, 0) is 17.8 Å². The molecule has 90 valence electrons. The van der Waals surface area contributed by atoms with Crippen LogP contribution in [0.5, 0.6) is 0 Å². The van der Waals surface area contributed by atoms with Crippen molar-refractivity contribution in [3.63, 3.8) is 0 Å². The van der Waals surface area contributed by atoms with Gasteiger partial charge in [-0.3, -0.25) is 9.69 Å². The molecule has 0 atom stereocenters. The number of carbonyl (C=O) groups is 1. The molecule has 0 saturated heterocycles. The Morgan fingerprint density at radius 2 is 1.89 bits per heavy atom. The SMILES string of the molecule is O=C1CCc2cccnc2N1Cc1ccccc1. The van der Waals surface area contributed by atoms with Crippen molar-refractivity contribution in [1.82, 2.24) is 4.98 Å². The molecule has 0 aliphatic carbocycles. The molecule has 1 aliphatic rings. The quantitative estimate of drug-likeness (QED) is 0.805. The van der Waals surface area contributed by atoms with Crippen molar-refractivity contribution in [2.24, 2.45) is 0 Å². The molecule has 0 N–H and O–H groups in total. The molecule has 3 rings (SSSR count). The van der Waals surface area contributed by atoms with Crippen molar-refractivity contribution in [1.29, 1.82) is 0 Å². The normalized spacial score (nSPS) is 14.4. The topological polar surface area (TPSA) is 33.2 Å². The molecular formula is C15H14N2O. The third-order valence-electron chi connectivity index (χ3n) is 3.22. The van der Waals surface area contributed by atoms with Crippen molar-refractivity contribution in [3.05, 3.63) is 59.8 Å². The third kappa shape index (κ3) is 1.99. The predicted octanol–water partition coefficient (Wildman–Crippen LogP) is 2.56. The maximum absolute atomic E-state index is 12.0. The lowest BCUT2D eigenvalue weighted by atomic mass is 10.0. The highest BCUT2D eigenvalue weighted by atomic mass is 16.2. The summed E-state index contributed by atoms with van der Waals surface area (Å²) in [6.07, 6.45) is 3.12. The first-order valence-corrected chi connectivity index (χ1v) is 6.13. The number of hydrogen-bond acceptors (Lipinski definition) is 2. The molecule has 0 unspecified atom stereocenters. The van der Waals surface area contributed by atoms with Crippen LogP contribution in [0.2, 0.25) is 0 Å². The number of pyridine rings is 1. The summed E-state index contributed by atoms with van der Waals surface area (Å²) < 4.78 is 0. The van der Waals surface area contributed by atoms with Gasteiger partial charge in [-0.05, 0) is 23.6 Å². The standard InChI is InChI=1S/C15H14N2O/c18-14-9-8-13-7-4-10-16-15(13)17(14)11-12-5-2-1-3-6-12/h1-7,10H,8-9,11H2. The summed E-state index contributed by atoms with van der Waals surface area (Å²) in [6, 6.07) is 14.0. The van der Waals surface area contributed by atoms with Crippen molar-refractivity contribution < 1.29 is 4.79 Å². The van der Waals surface area contributed by atoms with E-state index in [2.05, 4.69) is 4.98 Å². The van der Waals surface area contributed by atoms with E-state index in [4.69, 9.17) is 0 Å². The fraction of sp³-hybridized carbons (Fsp3) is 0.200. The average molecular weight is 238 g/mol. The molecule has 3 heteroatoms. The first-order chi connectivity index (χ1) is 8.84. The summed E-state index contributed by atoms with van der Waals surface area (Å²) in [6.45, 7) is 0.601. The second-order valence-corrected chi connectivity index (χ2v) is 4.45. The number of fused-ring (bicyclic) bond motifs is 1. The van der Waals surface area contributed by atoms with E-state index in [0.29, 0.717) is 13.0 Å². The van der Waals surface area contributed by atoms with Gasteiger partial charge in [0.2, 0.25) is 5.91 Å². The van der Waals surface area contributed by atoms with E-state index in [1.165, 1.54) is 0 Å². The van der Waals surface area contributed by atoms with Crippen LogP contribution in [0.4, 0.5) is 5.82 Å². The minimum absolute atomic E-state index is 0.157. The van der Waals surface area contributed by atoms with Gasteiger partial charge in [-0.25, -0.2) is 4.98 Å². The molecule has 0 spiro atoms. The van der Waals surface area contributed by atoms with E-state index in [0.717, 1.165) is 23.4 Å². The van der Waals surface area contributed by atoms with Gasteiger partial charge in [0.1, 0.15) is 5.82 Å². The summed E-state index contributed by atoms with van der Waals surface area (Å²) in [7, 11) is 0. The predicted molar refractivity (Wildman–Crippen MR) is 70.2 cm³/mol. The van der Waals surface area contributed by atoms with Crippen LogP contribution < -0.4 is 4.90 Å². The van der Waals surface area contributed by atoms with Crippen LogP contribution in [-0.4, -0.2) is 10.9 Å². The Labute approximate surface area is 106 Å². The minimum Gasteiger partial charge on any atom is -0.292 e. The number of anilines is 1. The van der Waals surface area contributed by atoms with Crippen molar-refractivity contribution in [2.75, 3.05) is 4.90 Å². The molecule has 1 amide bonds. The Morgan fingerprint density at radius 3 is 2.72 bits per heavy atom. The summed E-state index contributed by atoms with van der Waals surface area (Å²) in [5.74, 6) is 0.975. The highest BCUT2D eigenvalue weighted by Gasteiger charge is 2.24. The van der Waals surface area contributed by atoms with Gasteiger partial charge in [0.05, 0.1) is 6.54 Å². The maximum Gasteiger partial charge on any atom is 0.228 e. The number of benzene rings is 1. The molecule has 1 aromatic carbocycles. The molecule has 1 aliphatic heterocycles. The van der Waals surface area contributed by atoms with Gasteiger partial charge in [0.15, 0.2) is 0 Å². The van der Waals surface area contributed by atoms with E-state index < -0.39 is 0 Å². The van der Waals surface area contributed by atoms with Gasteiger partial charge in [-0.2, -0.15) is 0 Å². The van der Waals surface area contributed by atoms with Gasteiger partial charge in [-0.1, -0.05) is 36.4 Å². The number of amides is 1. The third-order valence-corrected chi connectivity index (χ3v) is 3.22. The Hall–Kier alpha value is -2.16. The zero-order valence-electron chi connectivity index (χ0n) is 10.0. The molecular weight excluding hydrogens is 224 g/mol. The smallest absolute Gasteiger partial charge is 0.228 e. The van der Waals surface area contributed by atoms with Crippen LogP contribution >= 0.6 is 0 Å². The van der Waals surface area contributed by atoms with Gasteiger partial charge in [0.25, 0.3) is 0 Å². The number of aromatic nitrogens is 1. The molecule has 1 aromatic heterocycles. The number of nitrogens with zero attached hydrogens (tertiary/aromatic N) is 2. The molecule has 2 aromatic rings. The van der Waals surface area contributed by atoms with Crippen LogP contribution in [0.25, 0.3) is 0 Å². The molecule has 0 saturated carbocycles. The minimum atomic E-state index is 0.157.